The van der Waals surface area contributed by atoms with E-state index in [1.165, 1.54) is 11.4 Å². The average Bonchev–Trinajstić information content (AvgIpc) is 3.35. The molecule has 0 radical (unpaired) electrons. The van der Waals surface area contributed by atoms with Crippen LogP contribution in [-0.4, -0.2) is 36.4 Å². The summed E-state index contributed by atoms with van der Waals surface area (Å²) in [6.45, 7) is 4.52. The number of rotatable bonds is 2. The summed E-state index contributed by atoms with van der Waals surface area (Å²) in [6.07, 6.45) is 5.12. The minimum atomic E-state index is 0.366. The van der Waals surface area contributed by atoms with Gasteiger partial charge in [-0.1, -0.05) is 24.3 Å². The second kappa shape index (κ2) is 5.96. The van der Waals surface area contributed by atoms with E-state index in [0.717, 1.165) is 61.7 Å². The number of fused-ring (bicyclic) bond motifs is 1. The van der Waals surface area contributed by atoms with Crippen LogP contribution in [0.4, 0.5) is 11.4 Å². The zero-order valence-electron chi connectivity index (χ0n) is 17.0. The molecule has 30 heavy (non-hydrogen) atoms. The van der Waals surface area contributed by atoms with Crippen molar-refractivity contribution >= 4 is 11.4 Å². The summed E-state index contributed by atoms with van der Waals surface area (Å²) in [7, 11) is 0. The zero-order chi connectivity index (χ0) is 20.0. The maximum absolute atomic E-state index is 9.93. The van der Waals surface area contributed by atoms with Crippen LogP contribution in [0.25, 0.3) is 0 Å². The zero-order valence-corrected chi connectivity index (χ0v) is 17.0. The van der Waals surface area contributed by atoms with E-state index < -0.39 is 0 Å². The fourth-order valence-electron chi connectivity index (χ4n) is 8.02. The highest BCUT2D eigenvalue weighted by atomic mass is 16.3. The first-order chi connectivity index (χ1) is 14.7. The fourth-order valence-corrected chi connectivity index (χ4v) is 8.02. The number of phenols is 2. The lowest BCUT2D eigenvalue weighted by Gasteiger charge is -2.63. The molecule has 0 aromatic heterocycles. The average molecular weight is 401 g/mol. The van der Waals surface area contributed by atoms with Crippen LogP contribution >= 0.6 is 0 Å². The SMILES string of the molecule is Oc1cccc(N2C[C@@H]3[C@H]4C=C[C@@H]([C@@H]3C2)[C@@H]2[C@@H]3CN(c5cccc(O)c5)C[C@@H]3[C@H]42)c1. The molecular formula is C26H28N2O2. The van der Waals surface area contributed by atoms with Gasteiger partial charge in [0.15, 0.2) is 0 Å². The lowest BCUT2D eigenvalue weighted by Crippen LogP contribution is -2.61. The molecule has 4 aliphatic carbocycles. The molecule has 0 spiro atoms. The standard InChI is InChI=1S/C26H28N2O2/c29-17-5-1-3-15(9-17)27-11-21-19-7-8-20(22(21)12-27)26-24-14-28(13-23(24)25(19)26)16-4-2-6-18(30)10-16/h1-10,19-26,29-30H,11-14H2/t19-,20+,21-,22+,23+,24-,25+,26-. The van der Waals surface area contributed by atoms with E-state index >= 15 is 0 Å². The Morgan fingerprint density at radius 1 is 0.600 bits per heavy atom. The van der Waals surface area contributed by atoms with E-state index in [2.05, 4.69) is 34.1 Å². The molecular weight excluding hydrogens is 372 g/mol. The van der Waals surface area contributed by atoms with Gasteiger partial charge in [-0.15, -0.1) is 0 Å². The Bertz CT molecular complexity index is 999. The van der Waals surface area contributed by atoms with Crippen LogP contribution < -0.4 is 9.80 Å². The molecule has 4 heteroatoms. The molecule has 8 rings (SSSR count). The Morgan fingerprint density at radius 2 is 1.03 bits per heavy atom. The third-order valence-electron chi connectivity index (χ3n) is 9.08. The van der Waals surface area contributed by atoms with E-state index in [0.29, 0.717) is 23.3 Å². The van der Waals surface area contributed by atoms with Crippen LogP contribution in [0.1, 0.15) is 0 Å². The van der Waals surface area contributed by atoms with Gasteiger partial charge in [-0.2, -0.15) is 0 Å². The van der Waals surface area contributed by atoms with E-state index in [9.17, 15) is 10.2 Å². The van der Waals surface area contributed by atoms with Crippen LogP contribution in [-0.2, 0) is 0 Å². The van der Waals surface area contributed by atoms with Crippen molar-refractivity contribution in [1.29, 1.82) is 0 Å². The number of nitrogens with zero attached hydrogens (tertiary/aromatic N) is 2. The van der Waals surface area contributed by atoms with Crippen molar-refractivity contribution in [3.8, 4) is 11.5 Å². The Morgan fingerprint density at radius 3 is 1.47 bits per heavy atom. The summed E-state index contributed by atoms with van der Waals surface area (Å²) in [4.78, 5) is 5.03. The second-order valence-corrected chi connectivity index (χ2v) is 10.2. The van der Waals surface area contributed by atoms with Gasteiger partial charge in [0.25, 0.3) is 0 Å². The Labute approximate surface area is 177 Å². The quantitative estimate of drug-likeness (QED) is 0.749. The van der Waals surface area contributed by atoms with Gasteiger partial charge in [0, 0.05) is 49.7 Å². The lowest BCUT2D eigenvalue weighted by atomic mass is 9.40. The Kier molecular flexibility index (Phi) is 3.40. The van der Waals surface area contributed by atoms with Crippen molar-refractivity contribution in [2.75, 3.05) is 36.0 Å². The molecule has 2 N–H and O–H groups in total. The maximum atomic E-state index is 9.93. The highest BCUT2D eigenvalue weighted by molar-refractivity contribution is 5.54. The predicted octanol–water partition coefficient (Wildman–Crippen LogP) is 3.96. The minimum absolute atomic E-state index is 0.366. The first kappa shape index (κ1) is 17.1. The fraction of sp³-hybridized carbons (Fsp3) is 0.462. The summed E-state index contributed by atoms with van der Waals surface area (Å²) < 4.78 is 0. The lowest BCUT2D eigenvalue weighted by molar-refractivity contribution is -0.119. The summed E-state index contributed by atoms with van der Waals surface area (Å²) in [5.41, 5.74) is 2.35. The smallest absolute Gasteiger partial charge is 0.117 e. The molecule has 2 aromatic rings. The highest BCUT2D eigenvalue weighted by Gasteiger charge is 2.66. The van der Waals surface area contributed by atoms with Crippen molar-refractivity contribution in [3.05, 3.63) is 60.7 Å². The molecule has 2 aliphatic heterocycles. The molecule has 2 aromatic carbocycles. The Hall–Kier alpha value is -2.62. The third kappa shape index (κ3) is 2.22. The molecule has 2 heterocycles. The minimum Gasteiger partial charge on any atom is -0.508 e. The predicted molar refractivity (Wildman–Crippen MR) is 118 cm³/mol. The van der Waals surface area contributed by atoms with Gasteiger partial charge in [0.05, 0.1) is 0 Å². The van der Waals surface area contributed by atoms with E-state index in [4.69, 9.17) is 0 Å². The van der Waals surface area contributed by atoms with E-state index in [-0.39, 0.29) is 0 Å². The van der Waals surface area contributed by atoms with Gasteiger partial charge in [-0.05, 0) is 71.6 Å². The first-order valence-corrected chi connectivity index (χ1v) is 11.4. The number of anilines is 2. The van der Waals surface area contributed by atoms with Crippen LogP contribution in [0.5, 0.6) is 11.5 Å². The van der Waals surface area contributed by atoms with Gasteiger partial charge in [-0.25, -0.2) is 0 Å². The van der Waals surface area contributed by atoms with Crippen LogP contribution in [0.2, 0.25) is 0 Å². The number of benzene rings is 2. The highest BCUT2D eigenvalue weighted by Crippen LogP contribution is 2.67. The van der Waals surface area contributed by atoms with Crippen LogP contribution in [0.3, 0.4) is 0 Å². The number of allylic oxidation sites excluding steroid dienone is 2. The first-order valence-electron chi connectivity index (χ1n) is 11.4. The van der Waals surface area contributed by atoms with E-state index in [1.807, 2.05) is 24.3 Å². The normalized spacial score (nSPS) is 40.1. The Balaban J connectivity index is 1.14. The monoisotopic (exact) mass is 400 g/mol. The summed E-state index contributed by atoms with van der Waals surface area (Å²) in [5.74, 6) is 6.90. The van der Waals surface area contributed by atoms with Gasteiger partial charge in [-0.3, -0.25) is 0 Å². The van der Waals surface area contributed by atoms with Crippen molar-refractivity contribution < 1.29 is 10.2 Å². The number of hydrogen-bond donors (Lipinski definition) is 2. The van der Waals surface area contributed by atoms with Crippen molar-refractivity contribution in [2.24, 2.45) is 47.3 Å². The van der Waals surface area contributed by atoms with Gasteiger partial charge < -0.3 is 20.0 Å². The van der Waals surface area contributed by atoms with Gasteiger partial charge in [0.2, 0.25) is 0 Å². The van der Waals surface area contributed by atoms with Gasteiger partial charge in [0.1, 0.15) is 11.5 Å². The number of phenolic OH excluding ortho intramolecular Hbond substituents is 2. The van der Waals surface area contributed by atoms with Crippen LogP contribution in [0.15, 0.2) is 60.7 Å². The topological polar surface area (TPSA) is 46.9 Å². The molecule has 0 amide bonds. The van der Waals surface area contributed by atoms with Crippen molar-refractivity contribution in [2.45, 2.75) is 0 Å². The van der Waals surface area contributed by atoms with Crippen molar-refractivity contribution in [3.63, 3.8) is 0 Å². The third-order valence-corrected chi connectivity index (χ3v) is 9.08. The molecule has 6 aliphatic rings. The summed E-state index contributed by atoms with van der Waals surface area (Å²) >= 11 is 0. The molecule has 2 bridgehead atoms. The van der Waals surface area contributed by atoms with E-state index in [1.54, 1.807) is 12.1 Å². The molecule has 2 saturated heterocycles. The molecule has 2 saturated carbocycles. The molecule has 4 nitrogen and oxygen atoms in total. The summed E-state index contributed by atoms with van der Waals surface area (Å²) in [6, 6.07) is 15.6. The van der Waals surface area contributed by atoms with Gasteiger partial charge >= 0.3 is 0 Å². The maximum Gasteiger partial charge on any atom is 0.117 e. The largest absolute Gasteiger partial charge is 0.508 e. The molecule has 8 atom stereocenters. The number of hydrogen-bond acceptors (Lipinski definition) is 4. The van der Waals surface area contributed by atoms with Crippen LogP contribution in [0, 0.1) is 47.3 Å². The molecule has 4 fully saturated rings. The molecule has 154 valence electrons. The number of aromatic hydroxyl groups is 2. The molecule has 0 unspecified atom stereocenters. The summed E-state index contributed by atoms with van der Waals surface area (Å²) in [5, 5.41) is 19.8. The second-order valence-electron chi connectivity index (χ2n) is 10.2. The van der Waals surface area contributed by atoms with Crippen molar-refractivity contribution in [1.82, 2.24) is 0 Å².